The molecule has 3 aliphatic rings. The molecule has 35 heavy (non-hydrogen) atoms. The number of nitrogens with zero attached hydrogens (tertiary/aromatic N) is 2. The summed E-state index contributed by atoms with van der Waals surface area (Å²) in [4.78, 5) is 26.3. The first-order valence-electron chi connectivity index (χ1n) is 11.4. The van der Waals surface area contributed by atoms with Gasteiger partial charge in [0, 0.05) is 32.2 Å². The maximum atomic E-state index is 13.0. The minimum Gasteiger partial charge on any atom is -0.489 e. The molecule has 2 fully saturated rings. The number of ether oxygens (including phenoxy) is 3. The highest BCUT2D eigenvalue weighted by molar-refractivity contribution is 7.89. The van der Waals surface area contributed by atoms with Crippen molar-refractivity contribution in [3.05, 3.63) is 54.1 Å². The first kappa shape index (κ1) is 23.4. The first-order chi connectivity index (χ1) is 16.9. The number of sulfonamides is 1. The van der Waals surface area contributed by atoms with E-state index in [-0.39, 0.29) is 24.7 Å². The van der Waals surface area contributed by atoms with Crippen LogP contribution in [0.4, 0.5) is 15.3 Å². The fourth-order valence-electron chi connectivity index (χ4n) is 4.34. The summed E-state index contributed by atoms with van der Waals surface area (Å²) in [6.45, 7) is 2.25. The summed E-state index contributed by atoms with van der Waals surface area (Å²) in [7, 11) is -3.67. The maximum absolute atomic E-state index is 13.0. The SMILES string of the molecule is O=C(NCC1OC(=O)N2c3ccc(S(=O)(=O)N4CCNCC4)cc3OC[C@H]12)OCc1ccccc1. The van der Waals surface area contributed by atoms with Gasteiger partial charge in [-0.1, -0.05) is 30.3 Å². The number of alkyl carbamates (subject to hydrolysis) is 1. The van der Waals surface area contributed by atoms with Gasteiger partial charge in [0.2, 0.25) is 10.0 Å². The third-order valence-corrected chi connectivity index (χ3v) is 8.08. The lowest BCUT2D eigenvalue weighted by molar-refractivity contribution is 0.108. The lowest BCUT2D eigenvalue weighted by Gasteiger charge is -2.32. The molecule has 0 bridgehead atoms. The normalized spacial score (nSPS) is 21.9. The van der Waals surface area contributed by atoms with Crippen LogP contribution in [0, 0.1) is 0 Å². The third-order valence-electron chi connectivity index (χ3n) is 6.18. The Morgan fingerprint density at radius 1 is 1.14 bits per heavy atom. The van der Waals surface area contributed by atoms with Crippen LogP contribution in [0.25, 0.3) is 0 Å². The highest BCUT2D eigenvalue weighted by Crippen LogP contribution is 2.40. The summed E-state index contributed by atoms with van der Waals surface area (Å²) in [6.07, 6.45) is -1.85. The van der Waals surface area contributed by atoms with Crippen molar-refractivity contribution in [2.45, 2.75) is 23.6 Å². The van der Waals surface area contributed by atoms with E-state index in [1.54, 1.807) is 6.07 Å². The maximum Gasteiger partial charge on any atom is 0.415 e. The van der Waals surface area contributed by atoms with Gasteiger partial charge in [-0.2, -0.15) is 4.31 Å². The average molecular weight is 503 g/mol. The van der Waals surface area contributed by atoms with Gasteiger partial charge >= 0.3 is 12.2 Å². The summed E-state index contributed by atoms with van der Waals surface area (Å²) in [5.74, 6) is 0.297. The number of carbonyl (C=O) groups is 2. The van der Waals surface area contributed by atoms with E-state index in [4.69, 9.17) is 14.2 Å². The Morgan fingerprint density at radius 2 is 1.91 bits per heavy atom. The molecule has 2 aromatic carbocycles. The van der Waals surface area contributed by atoms with Crippen molar-refractivity contribution < 1.29 is 32.2 Å². The predicted molar refractivity (Wildman–Crippen MR) is 125 cm³/mol. The van der Waals surface area contributed by atoms with Gasteiger partial charge in [0.05, 0.1) is 17.1 Å². The van der Waals surface area contributed by atoms with Crippen LogP contribution in [0.5, 0.6) is 5.75 Å². The number of carbonyl (C=O) groups excluding carboxylic acids is 2. The first-order valence-corrected chi connectivity index (χ1v) is 12.8. The zero-order valence-electron chi connectivity index (χ0n) is 18.9. The van der Waals surface area contributed by atoms with Crippen LogP contribution in [0.1, 0.15) is 5.56 Å². The highest BCUT2D eigenvalue weighted by Gasteiger charge is 2.47. The van der Waals surface area contributed by atoms with E-state index in [0.29, 0.717) is 37.6 Å². The highest BCUT2D eigenvalue weighted by atomic mass is 32.2. The van der Waals surface area contributed by atoms with Crippen LogP contribution in [0.2, 0.25) is 0 Å². The van der Waals surface area contributed by atoms with E-state index in [1.165, 1.54) is 21.3 Å². The number of hydrogen-bond acceptors (Lipinski definition) is 8. The Balaban J connectivity index is 1.23. The summed E-state index contributed by atoms with van der Waals surface area (Å²) in [5, 5.41) is 5.76. The summed E-state index contributed by atoms with van der Waals surface area (Å²) < 4.78 is 43.9. The fraction of sp³-hybridized carbons (Fsp3) is 0.391. The Bertz CT molecular complexity index is 1200. The third kappa shape index (κ3) is 4.77. The van der Waals surface area contributed by atoms with E-state index in [0.717, 1.165) is 5.56 Å². The zero-order valence-corrected chi connectivity index (χ0v) is 19.7. The Kier molecular flexibility index (Phi) is 6.50. The van der Waals surface area contributed by atoms with Crippen molar-refractivity contribution in [2.24, 2.45) is 0 Å². The van der Waals surface area contributed by atoms with Crippen LogP contribution in [0.15, 0.2) is 53.4 Å². The van der Waals surface area contributed by atoms with Crippen molar-refractivity contribution in [3.8, 4) is 5.75 Å². The van der Waals surface area contributed by atoms with Crippen molar-refractivity contribution in [1.29, 1.82) is 0 Å². The summed E-state index contributed by atoms with van der Waals surface area (Å²) in [5.41, 5.74) is 1.29. The van der Waals surface area contributed by atoms with E-state index in [1.807, 2.05) is 30.3 Å². The molecule has 2 saturated heterocycles. The van der Waals surface area contributed by atoms with Gasteiger partial charge in [-0.05, 0) is 17.7 Å². The fourth-order valence-corrected chi connectivity index (χ4v) is 5.80. The second-order valence-electron chi connectivity index (χ2n) is 8.40. The number of cyclic esters (lactones) is 1. The molecule has 1 unspecified atom stereocenters. The van der Waals surface area contributed by atoms with Crippen LogP contribution >= 0.6 is 0 Å². The minimum absolute atomic E-state index is 0.0503. The minimum atomic E-state index is -3.67. The zero-order chi connectivity index (χ0) is 24.4. The number of fused-ring (bicyclic) bond motifs is 3. The molecule has 0 aromatic heterocycles. The molecular weight excluding hydrogens is 476 g/mol. The molecule has 0 radical (unpaired) electrons. The van der Waals surface area contributed by atoms with Gasteiger partial charge < -0.3 is 24.8 Å². The van der Waals surface area contributed by atoms with Crippen LogP contribution in [-0.4, -0.2) is 76.4 Å². The molecule has 11 nitrogen and oxygen atoms in total. The van der Waals surface area contributed by atoms with Gasteiger partial charge in [-0.15, -0.1) is 0 Å². The largest absolute Gasteiger partial charge is 0.489 e. The van der Waals surface area contributed by atoms with Gasteiger partial charge in [0.1, 0.15) is 31.1 Å². The lowest BCUT2D eigenvalue weighted by atomic mass is 10.1. The molecule has 3 aliphatic heterocycles. The van der Waals surface area contributed by atoms with Crippen molar-refractivity contribution in [1.82, 2.24) is 14.9 Å². The van der Waals surface area contributed by atoms with Crippen LogP contribution < -0.4 is 20.3 Å². The quantitative estimate of drug-likeness (QED) is 0.605. The monoisotopic (exact) mass is 502 g/mol. The van der Waals surface area contributed by atoms with Gasteiger partial charge in [0.25, 0.3) is 0 Å². The molecule has 0 spiro atoms. The molecule has 2 atom stereocenters. The summed E-state index contributed by atoms with van der Waals surface area (Å²) >= 11 is 0. The molecule has 2 amide bonds. The molecular formula is C23H26N4O7S. The number of nitrogens with one attached hydrogen (secondary N) is 2. The topological polar surface area (TPSA) is 127 Å². The van der Waals surface area contributed by atoms with Crippen LogP contribution in [0.3, 0.4) is 0 Å². The van der Waals surface area contributed by atoms with E-state index >= 15 is 0 Å². The Morgan fingerprint density at radius 3 is 2.69 bits per heavy atom. The van der Waals surface area contributed by atoms with Crippen LogP contribution in [-0.2, 0) is 26.1 Å². The smallest absolute Gasteiger partial charge is 0.415 e. The van der Waals surface area contributed by atoms with E-state index in [9.17, 15) is 18.0 Å². The van der Waals surface area contributed by atoms with Gasteiger partial charge in [0.15, 0.2) is 0 Å². The Labute approximate surface area is 203 Å². The number of amides is 2. The lowest BCUT2D eigenvalue weighted by Crippen LogP contribution is -2.48. The number of benzene rings is 2. The van der Waals surface area contributed by atoms with Crippen molar-refractivity contribution >= 4 is 27.9 Å². The molecule has 2 aromatic rings. The predicted octanol–water partition coefficient (Wildman–Crippen LogP) is 1.29. The number of rotatable bonds is 6. The van der Waals surface area contributed by atoms with Crippen molar-refractivity contribution in [2.75, 3.05) is 44.2 Å². The van der Waals surface area contributed by atoms with E-state index in [2.05, 4.69) is 10.6 Å². The molecule has 186 valence electrons. The van der Waals surface area contributed by atoms with Crippen molar-refractivity contribution in [3.63, 3.8) is 0 Å². The molecule has 0 saturated carbocycles. The Hall–Kier alpha value is -3.35. The number of hydrogen-bond donors (Lipinski definition) is 2. The number of anilines is 1. The second kappa shape index (κ2) is 9.72. The molecule has 5 rings (SSSR count). The molecule has 12 heteroatoms. The van der Waals surface area contributed by atoms with Gasteiger partial charge in [-0.25, -0.2) is 18.0 Å². The average Bonchev–Trinajstić information content (AvgIpc) is 3.22. The summed E-state index contributed by atoms with van der Waals surface area (Å²) in [6, 6.07) is 13.3. The second-order valence-corrected chi connectivity index (χ2v) is 10.3. The standard InChI is InChI=1S/C23H26N4O7S/c28-22(33-14-16-4-2-1-3-5-16)25-13-21-19-15-32-20-12-17(6-7-18(20)27(19)23(29)34-21)35(30,31)26-10-8-24-9-11-26/h1-7,12,19,21,24H,8-11,13-15H2,(H,25,28)/t19-,21?/m1/s1. The molecule has 3 heterocycles. The molecule has 2 N–H and O–H groups in total. The van der Waals surface area contributed by atoms with Gasteiger partial charge in [-0.3, -0.25) is 4.90 Å². The van der Waals surface area contributed by atoms with E-state index < -0.39 is 34.4 Å². The number of piperazine rings is 1. The molecule has 0 aliphatic carbocycles.